The van der Waals surface area contributed by atoms with Gasteiger partial charge in [-0.2, -0.15) is 0 Å². The first kappa shape index (κ1) is 83.4. The normalized spacial score (nSPS) is 13.9. The number of aliphatic carboxylic acids is 1. The average Bonchev–Trinajstić information content (AvgIpc) is 3.64. The second-order valence-electron chi connectivity index (χ2n) is 23.7. The van der Waals surface area contributed by atoms with Crippen molar-refractivity contribution >= 4 is 17.9 Å². The molecule has 0 aromatic carbocycles. The number of esters is 2. The van der Waals surface area contributed by atoms with Gasteiger partial charge in [0.1, 0.15) is 13.2 Å². The molecule has 0 saturated carbocycles. The van der Waals surface area contributed by atoms with Gasteiger partial charge in [-0.25, -0.2) is 0 Å². The van der Waals surface area contributed by atoms with E-state index in [-0.39, 0.29) is 38.6 Å². The largest absolute Gasteiger partial charge is 0.545 e. The minimum atomic E-state index is -1.64. The van der Waals surface area contributed by atoms with Crippen molar-refractivity contribution in [2.24, 2.45) is 0 Å². The Morgan fingerprint density at radius 3 is 0.899 bits per heavy atom. The topological polar surface area (TPSA) is 111 Å². The number of nitrogens with zero attached hydrogens (tertiary/aromatic N) is 1. The van der Waals surface area contributed by atoms with Gasteiger partial charge >= 0.3 is 11.9 Å². The number of quaternary nitrogens is 1. The van der Waals surface area contributed by atoms with Crippen molar-refractivity contribution in [1.29, 1.82) is 0 Å². The molecular formula is C80H127NO8. The Hall–Kier alpha value is -5.61. The molecule has 0 radical (unpaired) electrons. The van der Waals surface area contributed by atoms with Gasteiger partial charge in [-0.3, -0.25) is 9.59 Å². The van der Waals surface area contributed by atoms with Crippen molar-refractivity contribution < 1.29 is 42.9 Å². The third-order valence-electron chi connectivity index (χ3n) is 14.1. The molecule has 0 aromatic heterocycles. The summed E-state index contributed by atoms with van der Waals surface area (Å²) in [5.74, 6) is -2.34. The second kappa shape index (κ2) is 68.3. The van der Waals surface area contributed by atoms with Gasteiger partial charge in [0.05, 0.1) is 40.3 Å². The first-order chi connectivity index (χ1) is 43.6. The van der Waals surface area contributed by atoms with Gasteiger partial charge < -0.3 is 33.3 Å². The molecule has 2 atom stereocenters. The van der Waals surface area contributed by atoms with E-state index in [4.69, 9.17) is 18.9 Å². The van der Waals surface area contributed by atoms with E-state index in [1.165, 1.54) is 64.2 Å². The number of allylic oxidation sites excluding steroid dienone is 30. The van der Waals surface area contributed by atoms with E-state index in [0.717, 1.165) is 148 Å². The first-order valence-electron chi connectivity index (χ1n) is 34.9. The van der Waals surface area contributed by atoms with Crippen molar-refractivity contribution in [2.45, 2.75) is 257 Å². The molecule has 0 spiro atoms. The molecule has 0 N–H and O–H groups in total. The second-order valence-corrected chi connectivity index (χ2v) is 23.7. The number of hydrogen-bond donors (Lipinski definition) is 0. The molecule has 0 heterocycles. The Morgan fingerprint density at radius 2 is 0.607 bits per heavy atom. The lowest BCUT2D eigenvalue weighted by Gasteiger charge is -2.26. The van der Waals surface area contributed by atoms with Crippen LogP contribution in [0.25, 0.3) is 0 Å². The molecule has 0 aliphatic rings. The molecular weight excluding hydrogens is 1100 g/mol. The van der Waals surface area contributed by atoms with E-state index in [0.29, 0.717) is 17.4 Å². The van der Waals surface area contributed by atoms with Gasteiger partial charge in [0.2, 0.25) is 0 Å². The summed E-state index contributed by atoms with van der Waals surface area (Å²) in [6, 6.07) is 0. The first-order valence-corrected chi connectivity index (χ1v) is 34.9. The van der Waals surface area contributed by atoms with E-state index in [9.17, 15) is 19.5 Å². The third-order valence-corrected chi connectivity index (χ3v) is 14.1. The fourth-order valence-corrected chi connectivity index (χ4v) is 8.88. The van der Waals surface area contributed by atoms with E-state index in [1.807, 2.05) is 21.1 Å². The number of carboxylic acids is 1. The maximum absolute atomic E-state index is 12.9. The Bertz CT molecular complexity index is 2120. The number of hydrogen-bond acceptors (Lipinski definition) is 8. The number of unbranched alkanes of at least 4 members (excludes halogenated alkanes) is 17. The summed E-state index contributed by atoms with van der Waals surface area (Å²) >= 11 is 0. The number of likely N-dealkylation sites (N-methyl/N-ethyl adjacent to an activating group) is 1. The van der Waals surface area contributed by atoms with Crippen molar-refractivity contribution in [3.8, 4) is 0 Å². The molecule has 0 aliphatic carbocycles. The zero-order valence-electron chi connectivity index (χ0n) is 57.0. The van der Waals surface area contributed by atoms with E-state index < -0.39 is 24.3 Å². The summed E-state index contributed by atoms with van der Waals surface area (Å²) in [6.45, 7) is 4.47. The van der Waals surface area contributed by atoms with Crippen LogP contribution in [0.5, 0.6) is 0 Å². The zero-order valence-corrected chi connectivity index (χ0v) is 57.0. The van der Waals surface area contributed by atoms with Gasteiger partial charge in [0.15, 0.2) is 12.4 Å². The Morgan fingerprint density at radius 1 is 0.337 bits per heavy atom. The highest BCUT2D eigenvalue weighted by Gasteiger charge is 2.22. The van der Waals surface area contributed by atoms with Crippen molar-refractivity contribution in [1.82, 2.24) is 0 Å². The van der Waals surface area contributed by atoms with E-state index in [2.05, 4.69) is 196 Å². The highest BCUT2D eigenvalue weighted by molar-refractivity contribution is 5.70. The van der Waals surface area contributed by atoms with Crippen LogP contribution in [0.1, 0.15) is 245 Å². The Labute approximate surface area is 545 Å². The van der Waals surface area contributed by atoms with Crippen LogP contribution in [0, 0.1) is 0 Å². The SMILES string of the molecule is CC/C=C\C/C=C\C/C=C\C/C=C\C/C=C\C/C=C\C/C=C\C/C=C\C/C=C\C/C=C\CCCCCCC(=O)OC(COC(=O)CCCCCCCCCCCCCCC/C=C\C/C=C\C/C=C\C/C=C\C/C=C\CC)COC(OCC[N+](C)(C)C)C(=O)[O-]. The number of rotatable bonds is 62. The Kier molecular flexibility index (Phi) is 64.0. The molecule has 0 bridgehead atoms. The highest BCUT2D eigenvalue weighted by Crippen LogP contribution is 2.15. The predicted octanol–water partition coefficient (Wildman–Crippen LogP) is 20.7. The molecule has 0 amide bonds. The summed E-state index contributed by atoms with van der Waals surface area (Å²) in [7, 11) is 5.91. The molecule has 9 nitrogen and oxygen atoms in total. The Balaban J connectivity index is 4.26. The summed E-state index contributed by atoms with van der Waals surface area (Å²) in [5, 5.41) is 11.8. The van der Waals surface area contributed by atoms with Crippen LogP contribution in [-0.2, 0) is 33.3 Å². The van der Waals surface area contributed by atoms with Crippen LogP contribution >= 0.6 is 0 Å². The van der Waals surface area contributed by atoms with E-state index >= 15 is 0 Å². The summed E-state index contributed by atoms with van der Waals surface area (Å²) < 4.78 is 22.7. The fraction of sp³-hybridized carbons (Fsp3) is 0.588. The van der Waals surface area contributed by atoms with Crippen LogP contribution in [0.4, 0.5) is 0 Å². The molecule has 0 saturated heterocycles. The number of carboxylic acid groups (broad SMARTS) is 1. The average molecular weight is 1230 g/mol. The van der Waals surface area contributed by atoms with Gasteiger partial charge in [-0.1, -0.05) is 280 Å². The van der Waals surface area contributed by atoms with Gasteiger partial charge in [-0.05, 0) is 135 Å². The van der Waals surface area contributed by atoms with Crippen LogP contribution in [0.3, 0.4) is 0 Å². The van der Waals surface area contributed by atoms with Gasteiger partial charge in [0, 0.05) is 12.8 Å². The van der Waals surface area contributed by atoms with Gasteiger partial charge in [-0.15, -0.1) is 0 Å². The summed E-state index contributed by atoms with van der Waals surface area (Å²) in [4.78, 5) is 37.5. The van der Waals surface area contributed by atoms with Gasteiger partial charge in [0.25, 0.3) is 0 Å². The summed E-state index contributed by atoms with van der Waals surface area (Å²) in [5.41, 5.74) is 0. The maximum Gasteiger partial charge on any atom is 0.306 e. The molecule has 2 unspecified atom stereocenters. The molecule has 0 aromatic rings. The standard InChI is InChI=1S/C80H127NO8/c1-6-8-10-12-14-16-18-20-22-24-26-28-30-32-34-36-37-38-39-40-41-43-45-47-49-51-53-55-57-59-61-63-65-67-69-71-78(83)89-76(75-88-80(79(84)85)86-73-72-81(3,4)5)74-87-77(82)70-68-66-64-62-60-58-56-54-52-50-48-46-44-42-35-33-31-29-27-25-23-21-19-17-15-13-11-9-7-2/h8-11,14-17,20-23,26-29,32-35,37-38,40-41,45,47,51,53,57,59,76,80H,6-7,12-13,18-19,24-25,30-31,36,39,42-44,46,48-50,52,54-56,58,60-75H2,1-5H3/b10-8-,11-9-,16-14-,17-15-,22-20-,23-21-,28-26-,29-27-,34-32-,35-33-,38-37-,41-40-,47-45-,53-51-,59-57-. The van der Waals surface area contributed by atoms with Crippen molar-refractivity contribution in [2.75, 3.05) is 47.5 Å². The molecule has 89 heavy (non-hydrogen) atoms. The lowest BCUT2D eigenvalue weighted by molar-refractivity contribution is -0.870. The number of ether oxygens (including phenoxy) is 4. The molecule has 0 rings (SSSR count). The molecule has 9 heteroatoms. The molecule has 0 aliphatic heterocycles. The van der Waals surface area contributed by atoms with Crippen molar-refractivity contribution in [3.63, 3.8) is 0 Å². The minimum Gasteiger partial charge on any atom is -0.545 e. The quantitative estimate of drug-likeness (QED) is 0.0195. The molecule has 0 fully saturated rings. The van der Waals surface area contributed by atoms with Crippen molar-refractivity contribution in [3.05, 3.63) is 182 Å². The predicted molar refractivity (Wildman–Crippen MR) is 379 cm³/mol. The number of carbonyl (C=O) groups is 3. The van der Waals surface area contributed by atoms with Crippen LogP contribution in [-0.4, -0.2) is 82.3 Å². The monoisotopic (exact) mass is 1230 g/mol. The fourth-order valence-electron chi connectivity index (χ4n) is 8.88. The highest BCUT2D eigenvalue weighted by atomic mass is 16.7. The lowest BCUT2D eigenvalue weighted by Crippen LogP contribution is -2.44. The maximum atomic E-state index is 12.9. The third kappa shape index (κ3) is 69.7. The summed E-state index contributed by atoms with van der Waals surface area (Å²) in [6.07, 6.45) is 101. The van der Waals surface area contributed by atoms with Crippen LogP contribution in [0.2, 0.25) is 0 Å². The molecule has 500 valence electrons. The number of carbonyl (C=O) groups excluding carboxylic acids is 3. The zero-order chi connectivity index (χ0) is 64.7. The van der Waals surface area contributed by atoms with Crippen LogP contribution < -0.4 is 5.11 Å². The van der Waals surface area contributed by atoms with E-state index in [1.54, 1.807) is 0 Å². The van der Waals surface area contributed by atoms with Crippen LogP contribution in [0.15, 0.2) is 182 Å². The smallest absolute Gasteiger partial charge is 0.306 e. The lowest BCUT2D eigenvalue weighted by atomic mass is 10.0. The minimum absolute atomic E-state index is 0.132.